The predicted octanol–water partition coefficient (Wildman–Crippen LogP) is 3.30. The summed E-state index contributed by atoms with van der Waals surface area (Å²) in [5, 5.41) is 0. The van der Waals surface area contributed by atoms with Gasteiger partial charge in [-0.3, -0.25) is 4.72 Å². The maximum Gasteiger partial charge on any atom is 0.264 e. The Morgan fingerprint density at radius 3 is 2.55 bits per heavy atom. The third kappa shape index (κ3) is 3.31. The Morgan fingerprint density at radius 1 is 1.20 bits per heavy atom. The van der Waals surface area contributed by atoms with E-state index in [-0.39, 0.29) is 10.7 Å². The lowest BCUT2D eigenvalue weighted by Gasteiger charge is -2.10. The summed E-state index contributed by atoms with van der Waals surface area (Å²) in [6, 6.07) is 6.23. The third-order valence-electron chi connectivity index (χ3n) is 2.53. The highest BCUT2D eigenvalue weighted by Gasteiger charge is 2.19. The van der Waals surface area contributed by atoms with Crippen molar-refractivity contribution in [3.8, 4) is 0 Å². The molecular weight excluding hydrogens is 410 g/mol. The number of aromatic nitrogens is 1. The number of hydrogen-bond acceptors (Lipinski definition) is 4. The summed E-state index contributed by atoms with van der Waals surface area (Å²) < 4.78 is 28.3. The van der Waals surface area contributed by atoms with E-state index in [1.165, 1.54) is 6.07 Å². The standard InChI is InChI=1S/C12H11Br2N3O2S/c1-7-4-12(16-6-10(7)14)17-20(18,19)11-5-8(15)2-3-9(11)13/h2-6H,15H2,1H3,(H,16,17). The predicted molar refractivity (Wildman–Crippen MR) is 86.0 cm³/mol. The van der Waals surface area contributed by atoms with Crippen LogP contribution in [-0.4, -0.2) is 13.4 Å². The van der Waals surface area contributed by atoms with Crippen LogP contribution in [0.2, 0.25) is 0 Å². The van der Waals surface area contributed by atoms with E-state index in [1.807, 2.05) is 6.92 Å². The maximum absolute atomic E-state index is 12.3. The van der Waals surface area contributed by atoms with Crippen LogP contribution in [0.5, 0.6) is 0 Å². The van der Waals surface area contributed by atoms with Crippen LogP contribution in [0.15, 0.2) is 44.3 Å². The SMILES string of the molecule is Cc1cc(NS(=O)(=O)c2cc(N)ccc2Br)ncc1Br. The van der Waals surface area contributed by atoms with Crippen molar-refractivity contribution in [3.05, 3.63) is 45.0 Å². The zero-order valence-corrected chi connectivity index (χ0v) is 14.4. The van der Waals surface area contributed by atoms with Crippen LogP contribution in [0.4, 0.5) is 11.5 Å². The average Bonchev–Trinajstić information content (AvgIpc) is 2.36. The topological polar surface area (TPSA) is 85.1 Å². The van der Waals surface area contributed by atoms with E-state index in [9.17, 15) is 8.42 Å². The molecule has 0 radical (unpaired) electrons. The third-order valence-corrected chi connectivity index (χ3v) is 5.71. The minimum Gasteiger partial charge on any atom is -0.399 e. The van der Waals surface area contributed by atoms with Gasteiger partial charge in [-0.1, -0.05) is 0 Å². The number of anilines is 2. The Kier molecular flexibility index (Phi) is 4.36. The fraction of sp³-hybridized carbons (Fsp3) is 0.0833. The number of aryl methyl sites for hydroxylation is 1. The van der Waals surface area contributed by atoms with Crippen LogP contribution in [0.25, 0.3) is 0 Å². The molecule has 3 N–H and O–H groups in total. The van der Waals surface area contributed by atoms with Crippen molar-refractivity contribution in [2.45, 2.75) is 11.8 Å². The number of rotatable bonds is 3. The molecular formula is C12H11Br2N3O2S. The highest BCUT2D eigenvalue weighted by Crippen LogP contribution is 2.26. The summed E-state index contributed by atoms with van der Waals surface area (Å²) in [6.45, 7) is 1.85. The monoisotopic (exact) mass is 419 g/mol. The summed E-state index contributed by atoms with van der Waals surface area (Å²) in [4.78, 5) is 4.09. The largest absolute Gasteiger partial charge is 0.399 e. The summed E-state index contributed by atoms with van der Waals surface area (Å²) in [7, 11) is -3.75. The molecule has 0 bridgehead atoms. The minimum absolute atomic E-state index is 0.0693. The summed E-state index contributed by atoms with van der Waals surface area (Å²) >= 11 is 6.51. The van der Waals surface area contributed by atoms with Crippen molar-refractivity contribution in [3.63, 3.8) is 0 Å². The lowest BCUT2D eigenvalue weighted by molar-refractivity contribution is 0.600. The van der Waals surface area contributed by atoms with Gasteiger partial charge in [0.15, 0.2) is 0 Å². The first kappa shape index (κ1) is 15.3. The van der Waals surface area contributed by atoms with E-state index < -0.39 is 10.0 Å². The first-order chi connectivity index (χ1) is 9.29. The zero-order chi connectivity index (χ0) is 14.9. The summed E-state index contributed by atoms with van der Waals surface area (Å²) in [6.07, 6.45) is 1.54. The van der Waals surface area contributed by atoms with Gasteiger partial charge in [0.05, 0.1) is 0 Å². The van der Waals surface area contributed by atoms with Gasteiger partial charge in [0.25, 0.3) is 10.0 Å². The lowest BCUT2D eigenvalue weighted by Crippen LogP contribution is -2.15. The van der Waals surface area contributed by atoms with Crippen LogP contribution >= 0.6 is 31.9 Å². The van der Waals surface area contributed by atoms with E-state index in [2.05, 4.69) is 41.6 Å². The first-order valence-corrected chi connectivity index (χ1v) is 8.56. The Balaban J connectivity index is 2.40. The van der Waals surface area contributed by atoms with E-state index in [1.54, 1.807) is 24.4 Å². The van der Waals surface area contributed by atoms with Crippen LogP contribution in [-0.2, 0) is 10.0 Å². The van der Waals surface area contributed by atoms with Crippen LogP contribution < -0.4 is 10.5 Å². The van der Waals surface area contributed by atoms with Crippen molar-refractivity contribution in [2.75, 3.05) is 10.5 Å². The van der Waals surface area contributed by atoms with Gasteiger partial charge in [0, 0.05) is 20.8 Å². The Bertz CT molecular complexity index is 763. The van der Waals surface area contributed by atoms with Crippen LogP contribution in [0, 0.1) is 6.92 Å². The molecule has 0 unspecified atom stereocenters. The number of halogens is 2. The van der Waals surface area contributed by atoms with Crippen molar-refractivity contribution < 1.29 is 8.42 Å². The molecule has 0 saturated heterocycles. The second-order valence-electron chi connectivity index (χ2n) is 4.11. The smallest absolute Gasteiger partial charge is 0.264 e. The second kappa shape index (κ2) is 5.71. The first-order valence-electron chi connectivity index (χ1n) is 5.49. The van der Waals surface area contributed by atoms with E-state index in [0.29, 0.717) is 10.2 Å². The number of benzene rings is 1. The molecule has 1 aromatic carbocycles. The highest BCUT2D eigenvalue weighted by molar-refractivity contribution is 9.10. The fourth-order valence-corrected chi connectivity index (χ4v) is 3.73. The van der Waals surface area contributed by atoms with Crippen LogP contribution in [0.3, 0.4) is 0 Å². The normalized spacial score (nSPS) is 11.3. The van der Waals surface area contributed by atoms with Crippen molar-refractivity contribution >= 4 is 53.4 Å². The highest BCUT2D eigenvalue weighted by atomic mass is 79.9. The van der Waals surface area contributed by atoms with Gasteiger partial charge in [0.1, 0.15) is 10.7 Å². The fourth-order valence-electron chi connectivity index (χ4n) is 1.51. The zero-order valence-electron chi connectivity index (χ0n) is 10.4. The molecule has 1 aromatic heterocycles. The minimum atomic E-state index is -3.75. The van der Waals surface area contributed by atoms with Gasteiger partial charge >= 0.3 is 0 Å². The number of nitrogens with zero attached hydrogens (tertiary/aromatic N) is 1. The van der Waals surface area contributed by atoms with Crippen molar-refractivity contribution in [2.24, 2.45) is 0 Å². The number of nitrogens with two attached hydrogens (primary N) is 1. The molecule has 0 atom stereocenters. The molecule has 0 fully saturated rings. The van der Waals surface area contributed by atoms with Gasteiger partial charge in [-0.05, 0) is 68.6 Å². The number of sulfonamides is 1. The van der Waals surface area contributed by atoms with Gasteiger partial charge in [-0.15, -0.1) is 0 Å². The van der Waals surface area contributed by atoms with Gasteiger partial charge in [-0.2, -0.15) is 0 Å². The van der Waals surface area contributed by atoms with Gasteiger partial charge in [-0.25, -0.2) is 13.4 Å². The summed E-state index contributed by atoms with van der Waals surface area (Å²) in [5.74, 6) is 0.250. The van der Waals surface area contributed by atoms with E-state index >= 15 is 0 Å². The van der Waals surface area contributed by atoms with E-state index in [4.69, 9.17) is 5.73 Å². The Morgan fingerprint density at radius 2 is 1.90 bits per heavy atom. The van der Waals surface area contributed by atoms with Gasteiger partial charge < -0.3 is 5.73 Å². The molecule has 0 aliphatic carbocycles. The van der Waals surface area contributed by atoms with Crippen molar-refractivity contribution in [1.82, 2.24) is 4.98 Å². The maximum atomic E-state index is 12.3. The Labute approximate surface area is 133 Å². The van der Waals surface area contributed by atoms with Crippen LogP contribution in [0.1, 0.15) is 5.56 Å². The molecule has 106 valence electrons. The molecule has 20 heavy (non-hydrogen) atoms. The molecule has 0 amide bonds. The number of nitrogens with one attached hydrogen (secondary N) is 1. The lowest BCUT2D eigenvalue weighted by atomic mass is 10.3. The quantitative estimate of drug-likeness (QED) is 0.746. The average molecular weight is 421 g/mol. The molecule has 0 aliphatic heterocycles. The Hall–Kier alpha value is -1.12. The molecule has 0 spiro atoms. The molecule has 2 rings (SSSR count). The molecule has 1 heterocycles. The molecule has 5 nitrogen and oxygen atoms in total. The number of pyridine rings is 1. The number of hydrogen-bond donors (Lipinski definition) is 2. The summed E-state index contributed by atoms with van der Waals surface area (Å²) in [5.41, 5.74) is 6.87. The number of nitrogen functional groups attached to an aromatic ring is 1. The van der Waals surface area contributed by atoms with E-state index in [0.717, 1.165) is 10.0 Å². The van der Waals surface area contributed by atoms with Gasteiger partial charge in [0.2, 0.25) is 0 Å². The van der Waals surface area contributed by atoms with Crippen molar-refractivity contribution in [1.29, 1.82) is 0 Å². The molecule has 0 saturated carbocycles. The molecule has 2 aromatic rings. The molecule has 8 heteroatoms. The molecule has 0 aliphatic rings. The second-order valence-corrected chi connectivity index (χ2v) is 7.47.